The first-order valence-electron chi connectivity index (χ1n) is 7.41. The van der Waals surface area contributed by atoms with E-state index in [2.05, 4.69) is 5.32 Å². The van der Waals surface area contributed by atoms with E-state index < -0.39 is 5.97 Å². The molecule has 0 spiro atoms. The van der Waals surface area contributed by atoms with E-state index in [-0.39, 0.29) is 24.7 Å². The van der Waals surface area contributed by atoms with Crippen molar-refractivity contribution in [3.05, 3.63) is 29.3 Å². The summed E-state index contributed by atoms with van der Waals surface area (Å²) in [4.78, 5) is 23.3. The van der Waals surface area contributed by atoms with Gasteiger partial charge in [-0.05, 0) is 51.3 Å². The molecule has 5 nitrogen and oxygen atoms in total. The first-order chi connectivity index (χ1) is 10.2. The maximum atomic E-state index is 11.7. The summed E-state index contributed by atoms with van der Waals surface area (Å²) in [7, 11) is 0. The SMILES string of the molecule is CCC(C)(C)NC(=O)COC(=O)COc1cccc(C)c1C. The van der Waals surface area contributed by atoms with Crippen LogP contribution < -0.4 is 10.1 Å². The Labute approximate surface area is 132 Å². The van der Waals surface area contributed by atoms with Gasteiger partial charge in [0.15, 0.2) is 13.2 Å². The fraction of sp³-hybridized carbons (Fsp3) is 0.529. The molecule has 1 N–H and O–H groups in total. The number of hydrogen-bond acceptors (Lipinski definition) is 4. The highest BCUT2D eigenvalue weighted by atomic mass is 16.6. The maximum Gasteiger partial charge on any atom is 0.344 e. The predicted molar refractivity (Wildman–Crippen MR) is 84.9 cm³/mol. The Morgan fingerprint density at radius 2 is 1.86 bits per heavy atom. The van der Waals surface area contributed by atoms with E-state index in [1.54, 1.807) is 6.07 Å². The van der Waals surface area contributed by atoms with E-state index in [1.807, 2.05) is 46.8 Å². The molecule has 0 radical (unpaired) electrons. The number of aryl methyl sites for hydroxylation is 1. The molecule has 0 aromatic heterocycles. The highest BCUT2D eigenvalue weighted by molar-refractivity contribution is 5.81. The van der Waals surface area contributed by atoms with Gasteiger partial charge in [-0.25, -0.2) is 4.79 Å². The van der Waals surface area contributed by atoms with Gasteiger partial charge in [0.05, 0.1) is 0 Å². The third kappa shape index (κ3) is 5.76. The van der Waals surface area contributed by atoms with Crippen molar-refractivity contribution in [3.8, 4) is 5.75 Å². The van der Waals surface area contributed by atoms with Crippen LogP contribution in [0.15, 0.2) is 18.2 Å². The van der Waals surface area contributed by atoms with Gasteiger partial charge >= 0.3 is 5.97 Å². The zero-order valence-electron chi connectivity index (χ0n) is 14.0. The lowest BCUT2D eigenvalue weighted by atomic mass is 10.0. The summed E-state index contributed by atoms with van der Waals surface area (Å²) in [6, 6.07) is 5.63. The highest BCUT2D eigenvalue weighted by Gasteiger charge is 2.18. The van der Waals surface area contributed by atoms with Gasteiger partial charge < -0.3 is 14.8 Å². The van der Waals surface area contributed by atoms with Gasteiger partial charge in [-0.15, -0.1) is 0 Å². The van der Waals surface area contributed by atoms with Crippen LogP contribution in [0.3, 0.4) is 0 Å². The van der Waals surface area contributed by atoms with Crippen LogP contribution >= 0.6 is 0 Å². The summed E-state index contributed by atoms with van der Waals surface area (Å²) in [5.74, 6) is -0.231. The third-order valence-corrected chi connectivity index (χ3v) is 3.63. The molecular weight excluding hydrogens is 282 g/mol. The van der Waals surface area contributed by atoms with Crippen LogP contribution in [-0.2, 0) is 14.3 Å². The van der Waals surface area contributed by atoms with Crippen molar-refractivity contribution in [2.75, 3.05) is 13.2 Å². The molecule has 0 aliphatic heterocycles. The molecule has 0 saturated carbocycles. The van der Waals surface area contributed by atoms with Gasteiger partial charge in [-0.1, -0.05) is 19.1 Å². The number of esters is 1. The topological polar surface area (TPSA) is 64.6 Å². The van der Waals surface area contributed by atoms with Crippen molar-refractivity contribution in [1.82, 2.24) is 5.32 Å². The van der Waals surface area contributed by atoms with E-state index in [9.17, 15) is 9.59 Å². The number of amides is 1. The van der Waals surface area contributed by atoms with Crippen LogP contribution in [0, 0.1) is 13.8 Å². The monoisotopic (exact) mass is 307 g/mol. The van der Waals surface area contributed by atoms with Crippen molar-refractivity contribution in [3.63, 3.8) is 0 Å². The van der Waals surface area contributed by atoms with Crippen LogP contribution in [-0.4, -0.2) is 30.6 Å². The third-order valence-electron chi connectivity index (χ3n) is 3.63. The molecule has 1 amide bonds. The quantitative estimate of drug-likeness (QED) is 0.786. The largest absolute Gasteiger partial charge is 0.482 e. The van der Waals surface area contributed by atoms with Crippen LogP contribution in [0.25, 0.3) is 0 Å². The molecule has 1 aromatic rings. The van der Waals surface area contributed by atoms with E-state index in [1.165, 1.54) is 0 Å². The molecule has 122 valence electrons. The van der Waals surface area contributed by atoms with Crippen molar-refractivity contribution >= 4 is 11.9 Å². The van der Waals surface area contributed by atoms with Gasteiger partial charge in [0.1, 0.15) is 5.75 Å². The Hall–Kier alpha value is -2.04. The first kappa shape index (κ1) is 18.0. The first-order valence-corrected chi connectivity index (χ1v) is 7.41. The Morgan fingerprint density at radius 3 is 2.50 bits per heavy atom. The fourth-order valence-corrected chi connectivity index (χ4v) is 1.71. The van der Waals surface area contributed by atoms with Crippen LogP contribution in [0.1, 0.15) is 38.3 Å². The number of benzene rings is 1. The summed E-state index contributed by atoms with van der Waals surface area (Å²) in [5, 5.41) is 2.79. The average Bonchev–Trinajstić information content (AvgIpc) is 2.46. The minimum atomic E-state index is -0.564. The number of carbonyl (C=O) groups is 2. The fourth-order valence-electron chi connectivity index (χ4n) is 1.71. The van der Waals surface area contributed by atoms with E-state index >= 15 is 0 Å². The number of carbonyl (C=O) groups excluding carboxylic acids is 2. The van der Waals surface area contributed by atoms with Gasteiger partial charge in [0.2, 0.25) is 0 Å². The summed E-state index contributed by atoms with van der Waals surface area (Å²) in [6.45, 7) is 9.20. The molecular formula is C17H25NO4. The highest BCUT2D eigenvalue weighted by Crippen LogP contribution is 2.20. The molecule has 5 heteroatoms. The zero-order valence-corrected chi connectivity index (χ0v) is 14.0. The molecule has 0 bridgehead atoms. The molecule has 22 heavy (non-hydrogen) atoms. The van der Waals surface area contributed by atoms with Gasteiger partial charge in [0, 0.05) is 5.54 Å². The molecule has 0 saturated heterocycles. The van der Waals surface area contributed by atoms with Crippen LogP contribution in [0.5, 0.6) is 5.75 Å². The molecule has 0 heterocycles. The second kappa shape index (κ2) is 7.82. The second-order valence-corrected chi connectivity index (χ2v) is 5.93. The maximum absolute atomic E-state index is 11.7. The summed E-state index contributed by atoms with van der Waals surface area (Å²) >= 11 is 0. The normalized spacial score (nSPS) is 11.0. The molecule has 1 rings (SSSR count). The predicted octanol–water partition coefficient (Wildman–Crippen LogP) is 2.53. The van der Waals surface area contributed by atoms with Crippen molar-refractivity contribution in [2.45, 2.75) is 46.6 Å². The lowest BCUT2D eigenvalue weighted by molar-refractivity contribution is -0.150. The zero-order chi connectivity index (χ0) is 16.8. The standard InChI is InChI=1S/C17H25NO4/c1-6-17(4,5)18-15(19)10-22-16(20)11-21-14-9-7-8-12(2)13(14)3/h7-9H,6,10-11H2,1-5H3,(H,18,19). The Bertz CT molecular complexity index is 537. The molecule has 0 aliphatic carbocycles. The minimum Gasteiger partial charge on any atom is -0.482 e. The van der Waals surface area contributed by atoms with Gasteiger partial charge in [0.25, 0.3) is 5.91 Å². The number of nitrogens with one attached hydrogen (secondary N) is 1. The second-order valence-electron chi connectivity index (χ2n) is 5.93. The molecule has 0 aliphatic rings. The number of rotatable bonds is 7. The van der Waals surface area contributed by atoms with E-state index in [0.29, 0.717) is 5.75 Å². The molecule has 0 unspecified atom stereocenters. The Kier molecular flexibility index (Phi) is 6.40. The van der Waals surface area contributed by atoms with E-state index in [0.717, 1.165) is 17.5 Å². The average molecular weight is 307 g/mol. The number of ether oxygens (including phenoxy) is 2. The smallest absolute Gasteiger partial charge is 0.344 e. The number of hydrogen-bond donors (Lipinski definition) is 1. The Morgan fingerprint density at radius 1 is 1.18 bits per heavy atom. The van der Waals surface area contributed by atoms with Gasteiger partial charge in [-0.2, -0.15) is 0 Å². The summed E-state index contributed by atoms with van der Waals surface area (Å²) < 4.78 is 10.3. The molecule has 0 atom stereocenters. The van der Waals surface area contributed by atoms with Crippen molar-refractivity contribution < 1.29 is 19.1 Å². The van der Waals surface area contributed by atoms with Crippen molar-refractivity contribution in [1.29, 1.82) is 0 Å². The molecule has 1 aromatic carbocycles. The molecule has 0 fully saturated rings. The van der Waals surface area contributed by atoms with Gasteiger partial charge in [-0.3, -0.25) is 4.79 Å². The lowest BCUT2D eigenvalue weighted by Gasteiger charge is -2.24. The van der Waals surface area contributed by atoms with Crippen LogP contribution in [0.2, 0.25) is 0 Å². The summed E-state index contributed by atoms with van der Waals surface area (Å²) in [5.41, 5.74) is 1.77. The lowest BCUT2D eigenvalue weighted by Crippen LogP contribution is -2.44. The summed E-state index contributed by atoms with van der Waals surface area (Å²) in [6.07, 6.45) is 0.794. The van der Waals surface area contributed by atoms with Crippen molar-refractivity contribution in [2.24, 2.45) is 0 Å². The van der Waals surface area contributed by atoms with E-state index in [4.69, 9.17) is 9.47 Å². The Balaban J connectivity index is 2.38. The van der Waals surface area contributed by atoms with Crippen LogP contribution in [0.4, 0.5) is 0 Å². The minimum absolute atomic E-state index is 0.214.